The largest absolute Gasteiger partial charge is 0.495 e. The average Bonchev–Trinajstić information content (AvgIpc) is 3.08. The molecule has 0 fully saturated rings. The second-order valence-electron chi connectivity index (χ2n) is 9.92. The maximum absolute atomic E-state index is 13.3. The highest BCUT2D eigenvalue weighted by Crippen LogP contribution is 2.31. The number of aliphatic imine (C=N–C) groups is 1. The van der Waals surface area contributed by atoms with E-state index in [1.165, 1.54) is 7.11 Å². The third-order valence-corrected chi connectivity index (χ3v) is 6.75. The van der Waals surface area contributed by atoms with E-state index in [1.54, 1.807) is 30.1 Å². The van der Waals surface area contributed by atoms with Crippen molar-refractivity contribution >= 4 is 29.0 Å². The predicted octanol–water partition coefficient (Wildman–Crippen LogP) is 3.15. The minimum Gasteiger partial charge on any atom is -0.495 e. The number of carbonyl (C=O) groups excluding carboxylic acids is 2. The van der Waals surface area contributed by atoms with Crippen molar-refractivity contribution in [1.82, 2.24) is 10.2 Å². The smallest absolute Gasteiger partial charge is 0.260 e. The number of ether oxygens (including phenoxy) is 4. The zero-order chi connectivity index (χ0) is 32.1. The molecule has 2 aromatic rings. The number of nitrogens with one attached hydrogen (secondary N) is 2. The molecule has 2 amide bonds. The monoisotopic (exact) mass is 608 g/mol. The molecule has 0 spiro atoms. The number of methoxy groups -OCH3 is 1. The molecule has 0 aliphatic carbocycles. The molecule has 12 nitrogen and oxygen atoms in total. The van der Waals surface area contributed by atoms with Crippen LogP contribution in [-0.2, 0) is 14.2 Å². The van der Waals surface area contributed by atoms with Crippen LogP contribution in [0.3, 0.4) is 0 Å². The fourth-order valence-corrected chi connectivity index (χ4v) is 4.51. The Morgan fingerprint density at radius 2 is 1.68 bits per heavy atom. The molecular weight excluding hydrogens is 564 g/mol. The Bertz CT molecular complexity index is 1370. The third kappa shape index (κ3) is 9.13. The molecule has 1 heterocycles. The molecule has 1 aliphatic rings. The average molecular weight is 609 g/mol. The molecule has 44 heavy (non-hydrogen) atoms. The van der Waals surface area contributed by atoms with Gasteiger partial charge >= 0.3 is 0 Å². The lowest BCUT2D eigenvalue weighted by molar-refractivity contribution is 0.0166. The Balaban J connectivity index is 1.60. The molecule has 0 bridgehead atoms. The zero-order valence-corrected chi connectivity index (χ0v) is 26.3. The van der Waals surface area contributed by atoms with Gasteiger partial charge in [0.25, 0.3) is 11.8 Å². The van der Waals surface area contributed by atoms with E-state index >= 15 is 0 Å². The Hall–Kier alpha value is -4.23. The summed E-state index contributed by atoms with van der Waals surface area (Å²) in [5.41, 5.74) is 9.32. The van der Waals surface area contributed by atoms with Crippen LogP contribution in [0.4, 0.5) is 11.4 Å². The number of allylic oxidation sites excluding steroid dienone is 1. The van der Waals surface area contributed by atoms with E-state index in [4.69, 9.17) is 29.7 Å². The fraction of sp³-hybridized carbons (Fsp3) is 0.406. The number of rotatable bonds is 16. The second kappa shape index (κ2) is 17.2. The van der Waals surface area contributed by atoms with Gasteiger partial charge in [-0.2, -0.15) is 0 Å². The number of aryl methyl sites for hydroxylation is 1. The normalized spacial score (nSPS) is 14.9. The van der Waals surface area contributed by atoms with Gasteiger partial charge in [0.2, 0.25) is 0 Å². The van der Waals surface area contributed by atoms with Gasteiger partial charge in [0.1, 0.15) is 11.6 Å². The van der Waals surface area contributed by atoms with Gasteiger partial charge in [-0.05, 0) is 44.2 Å². The van der Waals surface area contributed by atoms with Crippen LogP contribution in [0.2, 0.25) is 0 Å². The SMILES string of the molecule is C=C(N=C1/C(=C\C)N(C)C(=O)c2cc(C)ccc2N1C)Nc1ccc(C(=O)NCCOCCOCCOCCN)cc1OC. The highest BCUT2D eigenvalue weighted by atomic mass is 16.5. The first kappa shape index (κ1) is 34.3. The second-order valence-corrected chi connectivity index (χ2v) is 9.92. The van der Waals surface area contributed by atoms with E-state index in [0.29, 0.717) is 92.6 Å². The first-order valence-corrected chi connectivity index (χ1v) is 14.4. The van der Waals surface area contributed by atoms with E-state index in [-0.39, 0.29) is 11.8 Å². The van der Waals surface area contributed by atoms with Crippen molar-refractivity contribution in [3.8, 4) is 5.75 Å². The summed E-state index contributed by atoms with van der Waals surface area (Å²) in [6, 6.07) is 10.8. The summed E-state index contributed by atoms with van der Waals surface area (Å²) in [7, 11) is 5.11. The number of carbonyl (C=O) groups is 2. The summed E-state index contributed by atoms with van der Waals surface area (Å²) in [5.74, 6) is 0.927. The number of fused-ring (bicyclic) bond motifs is 1. The summed E-state index contributed by atoms with van der Waals surface area (Å²) in [5, 5.41) is 6.00. The van der Waals surface area contributed by atoms with E-state index in [1.807, 2.05) is 50.1 Å². The number of anilines is 2. The first-order chi connectivity index (χ1) is 21.2. The minimum atomic E-state index is -0.259. The number of benzene rings is 2. The minimum absolute atomic E-state index is 0.121. The molecule has 12 heteroatoms. The number of nitrogens with zero attached hydrogens (tertiary/aromatic N) is 3. The van der Waals surface area contributed by atoms with Gasteiger partial charge < -0.3 is 45.1 Å². The fourth-order valence-electron chi connectivity index (χ4n) is 4.51. The van der Waals surface area contributed by atoms with Crippen LogP contribution in [0, 0.1) is 6.92 Å². The molecule has 0 atom stereocenters. The molecule has 1 aliphatic heterocycles. The first-order valence-electron chi connectivity index (χ1n) is 14.4. The molecule has 0 radical (unpaired) electrons. The van der Waals surface area contributed by atoms with Crippen LogP contribution in [0.15, 0.2) is 65.6 Å². The van der Waals surface area contributed by atoms with Crippen molar-refractivity contribution in [1.29, 1.82) is 0 Å². The summed E-state index contributed by atoms with van der Waals surface area (Å²) < 4.78 is 21.7. The number of hydrogen-bond donors (Lipinski definition) is 3. The van der Waals surface area contributed by atoms with Crippen molar-refractivity contribution in [2.24, 2.45) is 10.7 Å². The summed E-state index contributed by atoms with van der Waals surface area (Å²) in [6.07, 6.45) is 1.84. The van der Waals surface area contributed by atoms with Gasteiger partial charge in [-0.3, -0.25) is 9.59 Å². The van der Waals surface area contributed by atoms with E-state index in [9.17, 15) is 9.59 Å². The van der Waals surface area contributed by atoms with Crippen molar-refractivity contribution in [2.75, 3.05) is 84.2 Å². The number of amidine groups is 1. The molecule has 0 saturated carbocycles. The lowest BCUT2D eigenvalue weighted by Gasteiger charge is -2.24. The number of amides is 2. The lowest BCUT2D eigenvalue weighted by Crippen LogP contribution is -2.33. The van der Waals surface area contributed by atoms with Crippen LogP contribution in [0.5, 0.6) is 5.75 Å². The van der Waals surface area contributed by atoms with E-state index < -0.39 is 0 Å². The van der Waals surface area contributed by atoms with Crippen molar-refractivity contribution in [3.63, 3.8) is 0 Å². The van der Waals surface area contributed by atoms with Gasteiger partial charge in [-0.1, -0.05) is 24.3 Å². The molecule has 238 valence electrons. The van der Waals surface area contributed by atoms with Crippen LogP contribution in [0.25, 0.3) is 0 Å². The molecule has 0 unspecified atom stereocenters. The maximum Gasteiger partial charge on any atom is 0.260 e. The van der Waals surface area contributed by atoms with Gasteiger partial charge in [0.05, 0.1) is 69.4 Å². The Morgan fingerprint density at radius 3 is 2.34 bits per heavy atom. The van der Waals surface area contributed by atoms with Crippen LogP contribution >= 0.6 is 0 Å². The molecule has 4 N–H and O–H groups in total. The number of hydrogen-bond acceptors (Lipinski definition) is 9. The zero-order valence-electron chi connectivity index (χ0n) is 26.3. The van der Waals surface area contributed by atoms with Crippen molar-refractivity contribution < 1.29 is 28.5 Å². The topological polar surface area (TPSA) is 140 Å². The third-order valence-electron chi connectivity index (χ3n) is 6.75. The summed E-state index contributed by atoms with van der Waals surface area (Å²) >= 11 is 0. The van der Waals surface area contributed by atoms with Gasteiger partial charge in [-0.25, -0.2) is 4.99 Å². The van der Waals surface area contributed by atoms with Crippen LogP contribution in [0.1, 0.15) is 33.2 Å². The molecular formula is C32H44N6O6. The maximum atomic E-state index is 13.3. The number of likely N-dealkylation sites (N-methyl/N-ethyl adjacent to an activating group) is 2. The molecule has 0 saturated heterocycles. The van der Waals surface area contributed by atoms with E-state index in [0.717, 1.165) is 11.3 Å². The molecule has 2 aromatic carbocycles. The molecule has 0 aromatic heterocycles. The molecule has 3 rings (SSSR count). The quantitative estimate of drug-likeness (QED) is 0.245. The highest BCUT2D eigenvalue weighted by molar-refractivity contribution is 6.18. The van der Waals surface area contributed by atoms with Crippen LogP contribution < -0.4 is 26.0 Å². The Morgan fingerprint density at radius 1 is 1.00 bits per heavy atom. The summed E-state index contributed by atoms with van der Waals surface area (Å²) in [6.45, 7) is 11.4. The predicted molar refractivity (Wildman–Crippen MR) is 172 cm³/mol. The standard InChI is InChI=1S/C32H44N6O6/c1-7-27-30(37(4)28-11-8-22(2)20-25(28)32(40)38(27)5)36-23(3)35-26-10-9-24(21-29(26)41-6)31(39)34-13-15-43-17-19-44-18-16-42-14-12-33/h7-11,20-21,35H,3,12-19,33H2,1-2,4-6H3,(H,34,39)/b27-7+,36-30?. The van der Waals surface area contributed by atoms with Gasteiger partial charge in [0, 0.05) is 32.7 Å². The van der Waals surface area contributed by atoms with Crippen molar-refractivity contribution in [3.05, 3.63) is 77.3 Å². The van der Waals surface area contributed by atoms with Crippen LogP contribution in [-0.4, -0.2) is 96.5 Å². The van der Waals surface area contributed by atoms with E-state index in [2.05, 4.69) is 17.2 Å². The van der Waals surface area contributed by atoms with Gasteiger partial charge in [0.15, 0.2) is 5.84 Å². The number of nitrogens with two attached hydrogens (primary N) is 1. The Kier molecular flexibility index (Phi) is 13.4. The Labute approximate surface area is 259 Å². The van der Waals surface area contributed by atoms with Crippen molar-refractivity contribution in [2.45, 2.75) is 13.8 Å². The summed E-state index contributed by atoms with van der Waals surface area (Å²) in [4.78, 5) is 34.2. The lowest BCUT2D eigenvalue weighted by atomic mass is 10.1. The van der Waals surface area contributed by atoms with Gasteiger partial charge in [-0.15, -0.1) is 0 Å². The highest BCUT2D eigenvalue weighted by Gasteiger charge is 2.30.